The number of amides is 1. The lowest BCUT2D eigenvalue weighted by molar-refractivity contribution is -0.123. The summed E-state index contributed by atoms with van der Waals surface area (Å²) in [5, 5.41) is 2.96. The first-order valence-electron chi connectivity index (χ1n) is 7.52. The van der Waals surface area contributed by atoms with E-state index in [-0.39, 0.29) is 18.6 Å². The van der Waals surface area contributed by atoms with Crippen molar-refractivity contribution in [2.45, 2.75) is 33.7 Å². The van der Waals surface area contributed by atoms with E-state index in [0.29, 0.717) is 0 Å². The van der Waals surface area contributed by atoms with Crippen molar-refractivity contribution in [1.82, 2.24) is 5.32 Å². The fourth-order valence-corrected chi connectivity index (χ4v) is 2.25. The van der Waals surface area contributed by atoms with Gasteiger partial charge in [-0.15, -0.1) is 0 Å². The number of rotatable bonds is 5. The molecule has 2 aromatic carbocycles. The van der Waals surface area contributed by atoms with Gasteiger partial charge in [0.2, 0.25) is 0 Å². The third-order valence-corrected chi connectivity index (χ3v) is 3.87. The van der Waals surface area contributed by atoms with Crippen LogP contribution in [0, 0.1) is 20.8 Å². The van der Waals surface area contributed by atoms with E-state index in [1.807, 2.05) is 70.2 Å². The van der Waals surface area contributed by atoms with Gasteiger partial charge < -0.3 is 10.1 Å². The number of nitrogens with one attached hydrogen (secondary N) is 1. The summed E-state index contributed by atoms with van der Waals surface area (Å²) in [5.41, 5.74) is 4.53. The summed E-state index contributed by atoms with van der Waals surface area (Å²) in [7, 11) is 0. The van der Waals surface area contributed by atoms with Crippen molar-refractivity contribution in [3.8, 4) is 5.75 Å². The van der Waals surface area contributed by atoms with Crippen LogP contribution in [0.25, 0.3) is 0 Å². The molecule has 1 N–H and O–H groups in total. The average molecular weight is 297 g/mol. The second-order valence-corrected chi connectivity index (χ2v) is 5.69. The zero-order valence-corrected chi connectivity index (χ0v) is 13.6. The molecule has 2 rings (SSSR count). The molecule has 0 saturated carbocycles. The maximum absolute atomic E-state index is 12.0. The Hall–Kier alpha value is -2.29. The molecule has 22 heavy (non-hydrogen) atoms. The zero-order valence-electron chi connectivity index (χ0n) is 13.6. The SMILES string of the molecule is Cc1ccc([C@@H](C)NC(=O)COc2cccc(C)c2C)cc1. The minimum Gasteiger partial charge on any atom is -0.483 e. The summed E-state index contributed by atoms with van der Waals surface area (Å²) >= 11 is 0. The Labute approximate surface area is 132 Å². The quantitative estimate of drug-likeness (QED) is 0.910. The largest absolute Gasteiger partial charge is 0.483 e. The van der Waals surface area contributed by atoms with Crippen molar-refractivity contribution < 1.29 is 9.53 Å². The van der Waals surface area contributed by atoms with Crippen LogP contribution in [0.4, 0.5) is 0 Å². The van der Waals surface area contributed by atoms with Gasteiger partial charge in [-0.05, 0) is 50.5 Å². The van der Waals surface area contributed by atoms with Gasteiger partial charge in [-0.25, -0.2) is 0 Å². The molecule has 0 heterocycles. The normalized spacial score (nSPS) is 11.8. The van der Waals surface area contributed by atoms with Gasteiger partial charge in [-0.2, -0.15) is 0 Å². The second kappa shape index (κ2) is 7.12. The Morgan fingerprint density at radius 2 is 1.77 bits per heavy atom. The standard InChI is InChI=1S/C19H23NO2/c1-13-8-10-17(11-9-13)16(4)20-19(21)12-22-18-7-5-6-14(2)15(18)3/h5-11,16H,12H2,1-4H3,(H,20,21)/t16-/m1/s1. The summed E-state index contributed by atoms with van der Waals surface area (Å²) < 4.78 is 5.62. The van der Waals surface area contributed by atoms with E-state index in [0.717, 1.165) is 22.4 Å². The average Bonchev–Trinajstić information content (AvgIpc) is 2.49. The monoisotopic (exact) mass is 297 g/mol. The molecule has 0 aromatic heterocycles. The number of ether oxygens (including phenoxy) is 1. The van der Waals surface area contributed by atoms with Crippen molar-refractivity contribution in [2.24, 2.45) is 0 Å². The maximum atomic E-state index is 12.0. The number of carbonyl (C=O) groups excluding carboxylic acids is 1. The van der Waals surface area contributed by atoms with Crippen LogP contribution in [-0.4, -0.2) is 12.5 Å². The van der Waals surface area contributed by atoms with Crippen LogP contribution >= 0.6 is 0 Å². The predicted octanol–water partition coefficient (Wildman–Crippen LogP) is 3.87. The van der Waals surface area contributed by atoms with Gasteiger partial charge in [0.25, 0.3) is 5.91 Å². The summed E-state index contributed by atoms with van der Waals surface area (Å²) in [5.74, 6) is 0.645. The predicted molar refractivity (Wildman–Crippen MR) is 89.1 cm³/mol. The van der Waals surface area contributed by atoms with Crippen molar-refractivity contribution in [3.05, 3.63) is 64.7 Å². The van der Waals surface area contributed by atoms with Crippen molar-refractivity contribution in [1.29, 1.82) is 0 Å². The molecule has 0 bridgehead atoms. The lowest BCUT2D eigenvalue weighted by atomic mass is 10.1. The summed E-state index contributed by atoms with van der Waals surface area (Å²) in [6.07, 6.45) is 0. The van der Waals surface area contributed by atoms with Crippen LogP contribution in [0.2, 0.25) is 0 Å². The molecule has 0 saturated heterocycles. The third-order valence-electron chi connectivity index (χ3n) is 3.87. The first-order chi connectivity index (χ1) is 10.5. The second-order valence-electron chi connectivity index (χ2n) is 5.69. The Bertz CT molecular complexity index is 647. The molecule has 0 fully saturated rings. The Morgan fingerprint density at radius 3 is 2.45 bits per heavy atom. The molecule has 1 atom stereocenters. The number of benzene rings is 2. The van der Waals surface area contributed by atoms with Crippen LogP contribution in [0.15, 0.2) is 42.5 Å². The Morgan fingerprint density at radius 1 is 1.09 bits per heavy atom. The van der Waals surface area contributed by atoms with Gasteiger partial charge >= 0.3 is 0 Å². The lowest BCUT2D eigenvalue weighted by Crippen LogP contribution is -2.31. The number of carbonyl (C=O) groups is 1. The fraction of sp³-hybridized carbons (Fsp3) is 0.316. The van der Waals surface area contributed by atoms with Crippen LogP contribution in [0.1, 0.15) is 35.2 Å². The maximum Gasteiger partial charge on any atom is 0.258 e. The molecule has 2 aromatic rings. The van der Waals surface area contributed by atoms with Gasteiger partial charge in [0, 0.05) is 0 Å². The fourth-order valence-electron chi connectivity index (χ4n) is 2.25. The van der Waals surface area contributed by atoms with E-state index in [4.69, 9.17) is 4.74 Å². The first kappa shape index (κ1) is 16.1. The molecule has 0 unspecified atom stereocenters. The third kappa shape index (κ3) is 4.10. The van der Waals surface area contributed by atoms with Gasteiger partial charge in [-0.1, -0.05) is 42.0 Å². The Kier molecular flexibility index (Phi) is 5.21. The van der Waals surface area contributed by atoms with E-state index < -0.39 is 0 Å². The molecule has 116 valence electrons. The highest BCUT2D eigenvalue weighted by Gasteiger charge is 2.11. The van der Waals surface area contributed by atoms with Gasteiger partial charge in [0.1, 0.15) is 5.75 Å². The van der Waals surface area contributed by atoms with E-state index >= 15 is 0 Å². The smallest absolute Gasteiger partial charge is 0.258 e. The van der Waals surface area contributed by atoms with Gasteiger partial charge in [-0.3, -0.25) is 4.79 Å². The first-order valence-corrected chi connectivity index (χ1v) is 7.52. The molecule has 3 heteroatoms. The molecule has 0 spiro atoms. The van der Waals surface area contributed by atoms with Crippen LogP contribution in [-0.2, 0) is 4.79 Å². The molecular formula is C19H23NO2. The van der Waals surface area contributed by atoms with E-state index in [1.54, 1.807) is 0 Å². The van der Waals surface area contributed by atoms with Crippen molar-refractivity contribution in [3.63, 3.8) is 0 Å². The highest BCUT2D eigenvalue weighted by atomic mass is 16.5. The highest BCUT2D eigenvalue weighted by Crippen LogP contribution is 2.20. The number of aryl methyl sites for hydroxylation is 2. The van der Waals surface area contributed by atoms with E-state index in [9.17, 15) is 4.79 Å². The molecule has 1 amide bonds. The number of hydrogen-bond acceptors (Lipinski definition) is 2. The molecular weight excluding hydrogens is 274 g/mol. The van der Waals surface area contributed by atoms with Crippen LogP contribution in [0.3, 0.4) is 0 Å². The van der Waals surface area contributed by atoms with E-state index in [2.05, 4.69) is 5.32 Å². The highest BCUT2D eigenvalue weighted by molar-refractivity contribution is 5.78. The van der Waals surface area contributed by atoms with E-state index in [1.165, 1.54) is 5.56 Å². The summed E-state index contributed by atoms with van der Waals surface area (Å²) in [4.78, 5) is 12.0. The van der Waals surface area contributed by atoms with Crippen molar-refractivity contribution in [2.75, 3.05) is 6.61 Å². The van der Waals surface area contributed by atoms with Crippen LogP contribution < -0.4 is 10.1 Å². The minimum absolute atomic E-state index is 0.0283. The molecule has 3 nitrogen and oxygen atoms in total. The van der Waals surface area contributed by atoms with Gasteiger partial charge in [0.05, 0.1) is 6.04 Å². The molecule has 0 aliphatic carbocycles. The lowest BCUT2D eigenvalue weighted by Gasteiger charge is -2.16. The summed E-state index contributed by atoms with van der Waals surface area (Å²) in [6.45, 7) is 8.07. The molecule has 0 aliphatic heterocycles. The zero-order chi connectivity index (χ0) is 16.1. The van der Waals surface area contributed by atoms with Crippen molar-refractivity contribution >= 4 is 5.91 Å². The minimum atomic E-state index is -0.117. The summed E-state index contributed by atoms with van der Waals surface area (Å²) in [6, 6.07) is 14.0. The van der Waals surface area contributed by atoms with Gasteiger partial charge in [0.15, 0.2) is 6.61 Å². The Balaban J connectivity index is 1.90. The molecule has 0 aliphatic rings. The number of hydrogen-bond donors (Lipinski definition) is 1. The van der Waals surface area contributed by atoms with Crippen LogP contribution in [0.5, 0.6) is 5.75 Å². The molecule has 0 radical (unpaired) electrons. The topological polar surface area (TPSA) is 38.3 Å².